The largest absolute Gasteiger partial charge is 0.385 e. The molecule has 1 aromatic heterocycles. The molecule has 2 aromatic rings. The van der Waals surface area contributed by atoms with Gasteiger partial charge >= 0.3 is 0 Å². The highest BCUT2D eigenvalue weighted by molar-refractivity contribution is 7.09. The SMILES string of the molecule is Cc1ccc(C)c(C(C)(O)CCc2cccs2)c1. The Hall–Kier alpha value is -1.12. The van der Waals surface area contributed by atoms with Crippen LogP contribution in [0.1, 0.15) is 34.9 Å². The molecule has 0 aliphatic heterocycles. The lowest BCUT2D eigenvalue weighted by atomic mass is 9.87. The highest BCUT2D eigenvalue weighted by Gasteiger charge is 2.24. The lowest BCUT2D eigenvalue weighted by molar-refractivity contribution is 0.0476. The van der Waals surface area contributed by atoms with Gasteiger partial charge < -0.3 is 5.11 Å². The fourth-order valence-corrected chi connectivity index (χ4v) is 2.98. The van der Waals surface area contributed by atoms with E-state index in [4.69, 9.17) is 0 Å². The Balaban J connectivity index is 2.16. The molecule has 96 valence electrons. The topological polar surface area (TPSA) is 20.2 Å². The van der Waals surface area contributed by atoms with Crippen LogP contribution in [-0.4, -0.2) is 5.11 Å². The third-order valence-electron chi connectivity index (χ3n) is 3.41. The Kier molecular flexibility index (Phi) is 3.88. The summed E-state index contributed by atoms with van der Waals surface area (Å²) in [5.41, 5.74) is 2.67. The van der Waals surface area contributed by atoms with Crippen molar-refractivity contribution >= 4 is 11.3 Å². The molecule has 0 amide bonds. The molecule has 0 radical (unpaired) electrons. The molecule has 1 unspecified atom stereocenters. The zero-order valence-electron chi connectivity index (χ0n) is 11.2. The standard InChI is InChI=1S/C16H20OS/c1-12-6-7-13(2)15(11-12)16(3,17)9-8-14-5-4-10-18-14/h4-7,10-11,17H,8-9H2,1-3H3. The Labute approximate surface area is 113 Å². The summed E-state index contributed by atoms with van der Waals surface area (Å²) in [6.45, 7) is 6.05. The number of aryl methyl sites for hydroxylation is 3. The average molecular weight is 260 g/mol. The van der Waals surface area contributed by atoms with Crippen LogP contribution >= 0.6 is 11.3 Å². The first kappa shape index (κ1) is 13.3. The van der Waals surface area contributed by atoms with Crippen molar-refractivity contribution in [3.63, 3.8) is 0 Å². The Morgan fingerprint density at radius 1 is 1.22 bits per heavy atom. The summed E-state index contributed by atoms with van der Waals surface area (Å²) in [6, 6.07) is 10.5. The van der Waals surface area contributed by atoms with E-state index in [2.05, 4.69) is 49.6 Å². The maximum absolute atomic E-state index is 10.7. The van der Waals surface area contributed by atoms with Crippen LogP contribution in [0.2, 0.25) is 0 Å². The van der Waals surface area contributed by atoms with Gasteiger partial charge in [0.25, 0.3) is 0 Å². The van der Waals surface area contributed by atoms with E-state index in [1.165, 1.54) is 10.4 Å². The summed E-state index contributed by atoms with van der Waals surface area (Å²) in [4.78, 5) is 1.33. The molecule has 1 N–H and O–H groups in total. The molecular formula is C16H20OS. The highest BCUT2D eigenvalue weighted by atomic mass is 32.1. The van der Waals surface area contributed by atoms with Gasteiger partial charge in [-0.2, -0.15) is 0 Å². The third-order valence-corrected chi connectivity index (χ3v) is 4.35. The zero-order valence-corrected chi connectivity index (χ0v) is 12.1. The number of rotatable bonds is 4. The first-order valence-corrected chi connectivity index (χ1v) is 7.19. The van der Waals surface area contributed by atoms with Crippen LogP contribution < -0.4 is 0 Å². The lowest BCUT2D eigenvalue weighted by Gasteiger charge is -2.26. The smallest absolute Gasteiger partial charge is 0.0874 e. The summed E-state index contributed by atoms with van der Waals surface area (Å²) in [6.07, 6.45) is 1.69. The average Bonchev–Trinajstić information content (AvgIpc) is 2.83. The van der Waals surface area contributed by atoms with Gasteiger partial charge in [0.15, 0.2) is 0 Å². The van der Waals surface area contributed by atoms with E-state index in [0.29, 0.717) is 0 Å². The third kappa shape index (κ3) is 3.01. The molecule has 0 spiro atoms. The van der Waals surface area contributed by atoms with Crippen LogP contribution in [0.25, 0.3) is 0 Å². The van der Waals surface area contributed by atoms with E-state index in [9.17, 15) is 5.11 Å². The van der Waals surface area contributed by atoms with E-state index in [0.717, 1.165) is 24.0 Å². The molecule has 0 bridgehead atoms. The molecule has 18 heavy (non-hydrogen) atoms. The van der Waals surface area contributed by atoms with Crippen LogP contribution in [0, 0.1) is 13.8 Å². The Morgan fingerprint density at radius 2 is 2.00 bits per heavy atom. The van der Waals surface area contributed by atoms with Crippen LogP contribution in [0.5, 0.6) is 0 Å². The molecule has 0 saturated heterocycles. The maximum atomic E-state index is 10.7. The van der Waals surface area contributed by atoms with Crippen LogP contribution in [0.15, 0.2) is 35.7 Å². The second-order valence-electron chi connectivity index (χ2n) is 5.17. The molecule has 0 aliphatic carbocycles. The van der Waals surface area contributed by atoms with Crippen LogP contribution in [0.4, 0.5) is 0 Å². The molecule has 0 saturated carbocycles. The van der Waals surface area contributed by atoms with Gasteiger partial charge in [0.1, 0.15) is 0 Å². The predicted octanol–water partition coefficient (Wildman–Crippen LogP) is 4.21. The minimum absolute atomic E-state index is 0.750. The second kappa shape index (κ2) is 5.25. The van der Waals surface area contributed by atoms with Crippen molar-refractivity contribution in [2.24, 2.45) is 0 Å². The molecule has 2 rings (SSSR count). The molecule has 2 heteroatoms. The first-order chi connectivity index (χ1) is 8.49. The minimum atomic E-state index is -0.750. The summed E-state index contributed by atoms with van der Waals surface area (Å²) in [5.74, 6) is 0. The van der Waals surface area contributed by atoms with E-state index in [1.807, 2.05) is 6.92 Å². The van der Waals surface area contributed by atoms with Gasteiger partial charge in [0.05, 0.1) is 5.60 Å². The van der Waals surface area contributed by atoms with Gasteiger partial charge in [0, 0.05) is 4.88 Å². The molecule has 0 aliphatic rings. The van der Waals surface area contributed by atoms with Crippen LogP contribution in [-0.2, 0) is 12.0 Å². The Bertz CT molecular complexity index is 512. The van der Waals surface area contributed by atoms with Crippen molar-refractivity contribution < 1.29 is 5.11 Å². The van der Waals surface area contributed by atoms with E-state index in [1.54, 1.807) is 11.3 Å². The zero-order chi connectivity index (χ0) is 13.2. The van der Waals surface area contributed by atoms with Crippen molar-refractivity contribution in [3.05, 3.63) is 57.3 Å². The number of hydrogen-bond acceptors (Lipinski definition) is 2. The van der Waals surface area contributed by atoms with Gasteiger partial charge in [-0.25, -0.2) is 0 Å². The lowest BCUT2D eigenvalue weighted by Crippen LogP contribution is -2.23. The van der Waals surface area contributed by atoms with Crippen LogP contribution in [0.3, 0.4) is 0 Å². The predicted molar refractivity (Wildman–Crippen MR) is 78.1 cm³/mol. The van der Waals surface area contributed by atoms with Gasteiger partial charge in [-0.15, -0.1) is 11.3 Å². The van der Waals surface area contributed by atoms with E-state index >= 15 is 0 Å². The Morgan fingerprint density at radius 3 is 2.67 bits per heavy atom. The monoisotopic (exact) mass is 260 g/mol. The molecule has 1 aromatic carbocycles. The molecule has 1 heterocycles. The summed E-state index contributed by atoms with van der Waals surface area (Å²) >= 11 is 1.76. The number of hydrogen-bond donors (Lipinski definition) is 1. The maximum Gasteiger partial charge on any atom is 0.0874 e. The van der Waals surface area contributed by atoms with E-state index in [-0.39, 0.29) is 0 Å². The van der Waals surface area contributed by atoms with Crippen molar-refractivity contribution in [1.29, 1.82) is 0 Å². The minimum Gasteiger partial charge on any atom is -0.385 e. The van der Waals surface area contributed by atoms with Crippen molar-refractivity contribution in [2.45, 2.75) is 39.2 Å². The van der Waals surface area contributed by atoms with Crippen molar-refractivity contribution in [3.8, 4) is 0 Å². The van der Waals surface area contributed by atoms with Gasteiger partial charge in [-0.1, -0.05) is 29.8 Å². The summed E-state index contributed by atoms with van der Waals surface area (Å²) in [7, 11) is 0. The fraction of sp³-hybridized carbons (Fsp3) is 0.375. The van der Waals surface area contributed by atoms with Gasteiger partial charge in [0.2, 0.25) is 0 Å². The van der Waals surface area contributed by atoms with Crippen molar-refractivity contribution in [2.75, 3.05) is 0 Å². The normalized spacial score (nSPS) is 14.4. The quantitative estimate of drug-likeness (QED) is 0.873. The fourth-order valence-electron chi connectivity index (χ4n) is 2.27. The molecule has 1 atom stereocenters. The first-order valence-electron chi connectivity index (χ1n) is 6.31. The molecule has 0 fully saturated rings. The van der Waals surface area contributed by atoms with Gasteiger partial charge in [-0.3, -0.25) is 0 Å². The number of benzene rings is 1. The van der Waals surface area contributed by atoms with E-state index < -0.39 is 5.60 Å². The molecule has 1 nitrogen and oxygen atoms in total. The summed E-state index contributed by atoms with van der Waals surface area (Å²) < 4.78 is 0. The molecular weight excluding hydrogens is 240 g/mol. The number of thiophene rings is 1. The van der Waals surface area contributed by atoms with Gasteiger partial charge in [-0.05, 0) is 56.2 Å². The second-order valence-corrected chi connectivity index (χ2v) is 6.20. The van der Waals surface area contributed by atoms with Crippen molar-refractivity contribution in [1.82, 2.24) is 0 Å². The summed E-state index contributed by atoms with van der Waals surface area (Å²) in [5, 5.41) is 12.8. The number of aliphatic hydroxyl groups is 1. The highest BCUT2D eigenvalue weighted by Crippen LogP contribution is 2.30.